The number of guanidine groups is 1. The van der Waals surface area contributed by atoms with E-state index in [1.807, 2.05) is 0 Å². The lowest BCUT2D eigenvalue weighted by Gasteiger charge is -2.18. The van der Waals surface area contributed by atoms with Crippen molar-refractivity contribution in [2.45, 2.75) is 44.6 Å². The topological polar surface area (TPSA) is 152 Å². The van der Waals surface area contributed by atoms with E-state index < -0.39 is 16.1 Å². The highest BCUT2D eigenvalue weighted by atomic mass is 35.5. The second-order valence-corrected chi connectivity index (χ2v) is 8.98. The van der Waals surface area contributed by atoms with E-state index in [4.69, 9.17) is 15.9 Å². The Balaban J connectivity index is 0.00000512. The second-order valence-electron chi connectivity index (χ2n) is 7.36. The number of ketones is 1. The number of sulfonamides is 1. The van der Waals surface area contributed by atoms with Gasteiger partial charge >= 0.3 is 0 Å². The van der Waals surface area contributed by atoms with E-state index >= 15 is 0 Å². The minimum Gasteiger partial charge on any atom is -0.496 e. The van der Waals surface area contributed by atoms with Crippen LogP contribution in [-0.2, 0) is 17.1 Å². The average Bonchev–Trinajstić information content (AvgIpc) is 3.12. The van der Waals surface area contributed by atoms with E-state index in [1.54, 1.807) is 44.6 Å². The number of halogens is 1. The van der Waals surface area contributed by atoms with E-state index in [2.05, 4.69) is 15.0 Å². The molecule has 0 saturated heterocycles. The third-order valence-corrected chi connectivity index (χ3v) is 6.71. The van der Waals surface area contributed by atoms with Crippen LogP contribution in [0.4, 0.5) is 0 Å². The number of hydrogen-bond acceptors (Lipinski definition) is 7. The van der Waals surface area contributed by atoms with Crippen molar-refractivity contribution in [3.8, 4) is 5.75 Å². The summed E-state index contributed by atoms with van der Waals surface area (Å²) >= 11 is 0. The van der Waals surface area contributed by atoms with Gasteiger partial charge in [0.15, 0.2) is 5.82 Å². The Bertz CT molecular complexity index is 1080. The molecular formula is C20H31ClN6O4S. The number of Topliss-reactive ketones (excluding diaryl/α,β-unsaturated/α-hetero) is 1. The molecule has 0 aliphatic rings. The number of benzene rings is 1. The van der Waals surface area contributed by atoms with Crippen LogP contribution in [-0.4, -0.2) is 49.4 Å². The van der Waals surface area contributed by atoms with Crippen LogP contribution in [0.25, 0.3) is 0 Å². The van der Waals surface area contributed by atoms with Crippen molar-refractivity contribution in [2.24, 2.45) is 12.8 Å². The molecule has 0 spiro atoms. The van der Waals surface area contributed by atoms with Gasteiger partial charge in [0.25, 0.3) is 10.0 Å². The summed E-state index contributed by atoms with van der Waals surface area (Å²) in [6.45, 7) is 5.45. The number of hydrogen-bond donors (Lipinski definition) is 4. The molecule has 12 heteroatoms. The Hall–Kier alpha value is -2.63. The molecule has 0 saturated carbocycles. The van der Waals surface area contributed by atoms with Gasteiger partial charge in [-0.25, -0.2) is 18.1 Å². The SMILES string of the molecule is COc1cc(C)c(S(=O)(=O)NC(=N)NCCC[C@H](N)C(=O)c2nccn2C)c(C)c1C.Cl. The summed E-state index contributed by atoms with van der Waals surface area (Å²) < 4.78 is 34.8. The molecule has 1 aromatic carbocycles. The Labute approximate surface area is 194 Å². The van der Waals surface area contributed by atoms with Crippen LogP contribution in [0.1, 0.15) is 40.2 Å². The van der Waals surface area contributed by atoms with Crippen molar-refractivity contribution in [3.05, 3.63) is 41.0 Å². The van der Waals surface area contributed by atoms with Crippen molar-refractivity contribution in [2.75, 3.05) is 13.7 Å². The Morgan fingerprint density at radius 2 is 1.97 bits per heavy atom. The summed E-state index contributed by atoms with van der Waals surface area (Å²) in [6, 6.07) is 0.940. The zero-order valence-electron chi connectivity index (χ0n) is 18.9. The van der Waals surface area contributed by atoms with Crippen LogP contribution in [0.2, 0.25) is 0 Å². The molecule has 0 fully saturated rings. The minimum atomic E-state index is -3.95. The summed E-state index contributed by atoms with van der Waals surface area (Å²) in [7, 11) is -0.703. The fourth-order valence-corrected chi connectivity index (χ4v) is 4.79. The average molecular weight is 487 g/mol. The predicted octanol–water partition coefficient (Wildman–Crippen LogP) is 1.57. The van der Waals surface area contributed by atoms with E-state index in [9.17, 15) is 13.2 Å². The lowest BCUT2D eigenvalue weighted by molar-refractivity contribution is 0.0943. The Morgan fingerprint density at radius 3 is 2.53 bits per heavy atom. The zero-order chi connectivity index (χ0) is 23.3. The van der Waals surface area contributed by atoms with Crippen LogP contribution >= 0.6 is 12.4 Å². The van der Waals surface area contributed by atoms with Gasteiger partial charge in [0.2, 0.25) is 11.7 Å². The number of rotatable bonds is 9. The lowest BCUT2D eigenvalue weighted by atomic mass is 10.1. The number of nitrogens with two attached hydrogens (primary N) is 1. The number of carbonyl (C=O) groups excluding carboxylic acids is 1. The first-order valence-corrected chi connectivity index (χ1v) is 11.2. The minimum absolute atomic E-state index is 0. The molecule has 2 rings (SSSR count). The molecule has 0 aliphatic carbocycles. The number of methoxy groups -OCH3 is 1. The molecular weight excluding hydrogens is 456 g/mol. The summed E-state index contributed by atoms with van der Waals surface area (Å²) in [5, 5.41) is 10.6. The van der Waals surface area contributed by atoms with Gasteiger partial charge in [-0.15, -0.1) is 12.4 Å². The van der Waals surface area contributed by atoms with Gasteiger partial charge in [0, 0.05) is 26.0 Å². The van der Waals surface area contributed by atoms with Gasteiger partial charge < -0.3 is 20.4 Å². The molecule has 0 aliphatic heterocycles. The molecule has 178 valence electrons. The van der Waals surface area contributed by atoms with E-state index in [-0.39, 0.29) is 35.6 Å². The fourth-order valence-electron chi connectivity index (χ4n) is 3.30. The summed E-state index contributed by atoms with van der Waals surface area (Å²) in [5.41, 5.74) is 7.75. The van der Waals surface area contributed by atoms with E-state index in [0.29, 0.717) is 35.5 Å². The van der Waals surface area contributed by atoms with Gasteiger partial charge in [-0.05, 0) is 56.4 Å². The van der Waals surface area contributed by atoms with Crippen LogP contribution in [0.15, 0.2) is 23.4 Å². The second kappa shape index (κ2) is 11.3. The van der Waals surface area contributed by atoms with Crippen molar-refractivity contribution >= 4 is 34.2 Å². The largest absolute Gasteiger partial charge is 0.496 e. The highest BCUT2D eigenvalue weighted by molar-refractivity contribution is 7.90. The number of carbonyl (C=O) groups is 1. The van der Waals surface area contributed by atoms with Crippen molar-refractivity contribution in [3.63, 3.8) is 0 Å². The maximum atomic E-state index is 12.8. The van der Waals surface area contributed by atoms with Crippen LogP contribution < -0.4 is 20.5 Å². The number of nitrogens with zero attached hydrogens (tertiary/aromatic N) is 2. The van der Waals surface area contributed by atoms with Crippen molar-refractivity contribution < 1.29 is 17.9 Å². The summed E-state index contributed by atoms with van der Waals surface area (Å²) in [5.74, 6) is 0.292. The number of aryl methyl sites for hydroxylation is 2. The molecule has 32 heavy (non-hydrogen) atoms. The van der Waals surface area contributed by atoms with Gasteiger partial charge in [-0.3, -0.25) is 10.2 Å². The summed E-state index contributed by atoms with van der Waals surface area (Å²) in [6.07, 6.45) is 4.04. The fraction of sp³-hybridized carbons (Fsp3) is 0.450. The van der Waals surface area contributed by atoms with Crippen LogP contribution in [0, 0.1) is 26.2 Å². The third-order valence-electron chi connectivity index (χ3n) is 5.08. The first kappa shape index (κ1) is 27.4. The zero-order valence-corrected chi connectivity index (χ0v) is 20.5. The maximum Gasteiger partial charge on any atom is 0.264 e. The standard InChI is InChI=1S/C20H30N6O4S.ClH/c1-12-11-16(30-5)13(2)14(3)18(12)31(28,29)25-20(22)24-8-6-7-15(21)17(27)19-23-9-10-26(19)4;/h9-11,15H,6-8,21H2,1-5H3,(H3,22,24,25);1H/t15-;/m0./s1. The molecule has 2 aromatic rings. The first-order chi connectivity index (χ1) is 14.5. The number of nitrogens with one attached hydrogen (secondary N) is 3. The highest BCUT2D eigenvalue weighted by Gasteiger charge is 2.24. The molecule has 1 atom stereocenters. The van der Waals surface area contributed by atoms with Crippen molar-refractivity contribution in [1.82, 2.24) is 19.6 Å². The molecule has 0 bridgehead atoms. The highest BCUT2D eigenvalue weighted by Crippen LogP contribution is 2.30. The van der Waals surface area contributed by atoms with Crippen molar-refractivity contribution in [1.29, 1.82) is 5.41 Å². The molecule has 0 radical (unpaired) electrons. The maximum absolute atomic E-state index is 12.8. The quantitative estimate of drug-likeness (QED) is 0.181. The van der Waals surface area contributed by atoms with E-state index in [1.165, 1.54) is 13.3 Å². The van der Waals surface area contributed by atoms with E-state index in [0.717, 1.165) is 5.56 Å². The smallest absolute Gasteiger partial charge is 0.264 e. The Morgan fingerprint density at radius 1 is 1.31 bits per heavy atom. The number of imidazole rings is 1. The van der Waals surface area contributed by atoms with Crippen LogP contribution in [0.5, 0.6) is 5.75 Å². The molecule has 0 unspecified atom stereocenters. The molecule has 1 aromatic heterocycles. The third kappa shape index (κ3) is 6.21. The first-order valence-electron chi connectivity index (χ1n) is 9.76. The normalized spacial score (nSPS) is 11.9. The predicted molar refractivity (Wildman–Crippen MR) is 125 cm³/mol. The molecule has 5 N–H and O–H groups in total. The molecule has 0 amide bonds. The monoisotopic (exact) mass is 486 g/mol. The number of aromatic nitrogens is 2. The van der Waals surface area contributed by atoms with Gasteiger partial charge in [-0.2, -0.15) is 0 Å². The lowest BCUT2D eigenvalue weighted by Crippen LogP contribution is -2.41. The molecule has 1 heterocycles. The molecule has 10 nitrogen and oxygen atoms in total. The Kier molecular flexibility index (Phi) is 9.68. The number of ether oxygens (including phenoxy) is 1. The van der Waals surface area contributed by atoms with Gasteiger partial charge in [-0.1, -0.05) is 0 Å². The van der Waals surface area contributed by atoms with Gasteiger partial charge in [0.05, 0.1) is 18.0 Å². The van der Waals surface area contributed by atoms with Crippen LogP contribution in [0.3, 0.4) is 0 Å². The van der Waals surface area contributed by atoms with Gasteiger partial charge in [0.1, 0.15) is 5.75 Å². The summed E-state index contributed by atoms with van der Waals surface area (Å²) in [4.78, 5) is 16.4.